The van der Waals surface area contributed by atoms with Crippen LogP contribution < -0.4 is 10.6 Å². The van der Waals surface area contributed by atoms with Crippen LogP contribution in [0, 0.1) is 20.8 Å². The second kappa shape index (κ2) is 7.92. The van der Waals surface area contributed by atoms with E-state index in [-0.39, 0.29) is 0 Å². The first-order valence-corrected chi connectivity index (χ1v) is 8.02. The van der Waals surface area contributed by atoms with E-state index in [0.29, 0.717) is 0 Å². The zero-order valence-electron chi connectivity index (χ0n) is 14.8. The number of benzene rings is 1. The molecule has 2 rings (SSSR count). The Morgan fingerprint density at radius 3 is 2.39 bits per heavy atom. The van der Waals surface area contributed by atoms with Crippen LogP contribution in [0.15, 0.2) is 24.3 Å². The van der Waals surface area contributed by atoms with Gasteiger partial charge in [-0.25, -0.2) is 9.97 Å². The maximum atomic E-state index is 4.47. The Bertz CT molecular complexity index is 652. The molecule has 0 saturated carbocycles. The summed E-state index contributed by atoms with van der Waals surface area (Å²) in [6, 6.07) is 8.28. The predicted molar refractivity (Wildman–Crippen MR) is 97.6 cm³/mol. The molecule has 0 aliphatic rings. The second-order valence-electron chi connectivity index (χ2n) is 6.19. The summed E-state index contributed by atoms with van der Waals surface area (Å²) in [5, 5.41) is 6.73. The van der Waals surface area contributed by atoms with Crippen molar-refractivity contribution in [2.75, 3.05) is 37.8 Å². The van der Waals surface area contributed by atoms with Gasteiger partial charge in [-0.2, -0.15) is 0 Å². The van der Waals surface area contributed by atoms with E-state index < -0.39 is 0 Å². The van der Waals surface area contributed by atoms with Crippen molar-refractivity contribution in [1.29, 1.82) is 0 Å². The molecule has 1 heterocycles. The molecule has 124 valence electrons. The molecule has 0 radical (unpaired) electrons. The summed E-state index contributed by atoms with van der Waals surface area (Å²) >= 11 is 0. The van der Waals surface area contributed by atoms with Crippen molar-refractivity contribution in [1.82, 2.24) is 14.9 Å². The largest absolute Gasteiger partial charge is 0.370 e. The van der Waals surface area contributed by atoms with Gasteiger partial charge in [0.2, 0.25) is 0 Å². The second-order valence-corrected chi connectivity index (χ2v) is 6.19. The van der Waals surface area contributed by atoms with Crippen LogP contribution in [-0.2, 0) is 0 Å². The molecule has 0 fully saturated rings. The number of hydrogen-bond donors (Lipinski definition) is 2. The molecule has 0 atom stereocenters. The van der Waals surface area contributed by atoms with Gasteiger partial charge in [-0.1, -0.05) is 6.07 Å². The average Bonchev–Trinajstić information content (AvgIpc) is 2.47. The molecule has 1 aromatic heterocycles. The van der Waals surface area contributed by atoms with E-state index in [4.69, 9.17) is 0 Å². The van der Waals surface area contributed by atoms with Gasteiger partial charge in [-0.3, -0.25) is 0 Å². The normalized spacial score (nSPS) is 10.9. The summed E-state index contributed by atoms with van der Waals surface area (Å²) in [6.07, 6.45) is 1.08. The van der Waals surface area contributed by atoms with E-state index in [1.807, 2.05) is 13.0 Å². The maximum Gasteiger partial charge on any atom is 0.136 e. The van der Waals surface area contributed by atoms with Crippen LogP contribution in [0.5, 0.6) is 0 Å². The van der Waals surface area contributed by atoms with Gasteiger partial charge in [-0.15, -0.1) is 0 Å². The first-order chi connectivity index (χ1) is 10.9. The quantitative estimate of drug-likeness (QED) is 0.766. The van der Waals surface area contributed by atoms with Crippen LogP contribution in [0.1, 0.15) is 23.4 Å². The minimum atomic E-state index is 0.758. The molecule has 23 heavy (non-hydrogen) atoms. The highest BCUT2D eigenvalue weighted by molar-refractivity contribution is 5.60. The Hall–Kier alpha value is -2.14. The van der Waals surface area contributed by atoms with Gasteiger partial charge in [0.1, 0.15) is 17.5 Å². The van der Waals surface area contributed by atoms with Crippen molar-refractivity contribution >= 4 is 17.3 Å². The first kappa shape index (κ1) is 17.2. The van der Waals surface area contributed by atoms with Crippen LogP contribution in [0.4, 0.5) is 17.3 Å². The molecule has 0 saturated heterocycles. The van der Waals surface area contributed by atoms with Gasteiger partial charge in [0.25, 0.3) is 0 Å². The highest BCUT2D eigenvalue weighted by Crippen LogP contribution is 2.20. The third-order valence-electron chi connectivity index (χ3n) is 3.71. The molecule has 2 aromatic rings. The molecule has 0 aliphatic carbocycles. The van der Waals surface area contributed by atoms with E-state index in [9.17, 15) is 0 Å². The first-order valence-electron chi connectivity index (χ1n) is 8.02. The molecule has 2 N–H and O–H groups in total. The number of anilines is 3. The Balaban J connectivity index is 2.03. The Labute approximate surface area is 139 Å². The number of aromatic nitrogens is 2. The van der Waals surface area contributed by atoms with E-state index in [1.165, 1.54) is 11.1 Å². The Morgan fingerprint density at radius 1 is 0.957 bits per heavy atom. The maximum absolute atomic E-state index is 4.47. The van der Waals surface area contributed by atoms with Gasteiger partial charge < -0.3 is 15.5 Å². The molecule has 1 aromatic carbocycles. The molecule has 0 aliphatic heterocycles. The monoisotopic (exact) mass is 313 g/mol. The van der Waals surface area contributed by atoms with Crippen LogP contribution in [0.25, 0.3) is 0 Å². The number of hydrogen-bond acceptors (Lipinski definition) is 5. The lowest BCUT2D eigenvalue weighted by molar-refractivity contribution is 0.405. The molecule has 5 nitrogen and oxygen atoms in total. The van der Waals surface area contributed by atoms with Crippen molar-refractivity contribution in [2.24, 2.45) is 0 Å². The third kappa shape index (κ3) is 5.53. The summed E-state index contributed by atoms with van der Waals surface area (Å²) in [5.74, 6) is 2.44. The van der Waals surface area contributed by atoms with Crippen molar-refractivity contribution in [3.63, 3.8) is 0 Å². The minimum absolute atomic E-state index is 0.758. The van der Waals surface area contributed by atoms with Gasteiger partial charge in [0.05, 0.1) is 0 Å². The molecule has 0 spiro atoms. The van der Waals surface area contributed by atoms with Gasteiger partial charge in [0.15, 0.2) is 0 Å². The number of nitrogens with one attached hydrogen (secondary N) is 2. The van der Waals surface area contributed by atoms with Gasteiger partial charge in [0, 0.05) is 18.3 Å². The lowest BCUT2D eigenvalue weighted by atomic mass is 10.1. The van der Waals surface area contributed by atoms with E-state index >= 15 is 0 Å². The fourth-order valence-electron chi connectivity index (χ4n) is 2.30. The average molecular weight is 313 g/mol. The van der Waals surface area contributed by atoms with Crippen LogP contribution in [0.3, 0.4) is 0 Å². The summed E-state index contributed by atoms with van der Waals surface area (Å²) in [6.45, 7) is 8.10. The smallest absolute Gasteiger partial charge is 0.136 e. The zero-order valence-corrected chi connectivity index (χ0v) is 14.8. The predicted octanol–water partition coefficient (Wildman–Crippen LogP) is 3.51. The summed E-state index contributed by atoms with van der Waals surface area (Å²) in [5.41, 5.74) is 3.60. The van der Waals surface area contributed by atoms with E-state index in [1.54, 1.807) is 0 Å². The lowest BCUT2D eigenvalue weighted by Crippen LogP contribution is -2.16. The summed E-state index contributed by atoms with van der Waals surface area (Å²) in [7, 11) is 4.17. The van der Waals surface area contributed by atoms with Gasteiger partial charge >= 0.3 is 0 Å². The standard InChI is InChI=1S/C18H27N5/c1-13-7-8-16(11-14(13)2)22-18-12-17(20-15(3)21-18)19-9-6-10-23(4)5/h7-8,11-12H,6,9-10H2,1-5H3,(H2,19,20,21,22). The van der Waals surface area contributed by atoms with Crippen molar-refractivity contribution in [3.8, 4) is 0 Å². The van der Waals surface area contributed by atoms with Crippen molar-refractivity contribution in [2.45, 2.75) is 27.2 Å². The van der Waals surface area contributed by atoms with E-state index in [0.717, 1.165) is 42.7 Å². The van der Waals surface area contributed by atoms with Gasteiger partial charge in [-0.05, 0) is 71.1 Å². The lowest BCUT2D eigenvalue weighted by Gasteiger charge is -2.12. The molecule has 0 unspecified atom stereocenters. The zero-order chi connectivity index (χ0) is 16.8. The highest BCUT2D eigenvalue weighted by atomic mass is 15.1. The topological polar surface area (TPSA) is 53.1 Å². The van der Waals surface area contributed by atoms with Crippen LogP contribution in [0.2, 0.25) is 0 Å². The summed E-state index contributed by atoms with van der Waals surface area (Å²) in [4.78, 5) is 11.1. The molecule has 0 amide bonds. The van der Waals surface area contributed by atoms with Crippen LogP contribution >= 0.6 is 0 Å². The minimum Gasteiger partial charge on any atom is -0.370 e. The summed E-state index contributed by atoms with van der Waals surface area (Å²) < 4.78 is 0. The van der Waals surface area contributed by atoms with Crippen molar-refractivity contribution in [3.05, 3.63) is 41.2 Å². The Morgan fingerprint density at radius 2 is 1.70 bits per heavy atom. The fraction of sp³-hybridized carbons (Fsp3) is 0.444. The number of nitrogens with zero attached hydrogens (tertiary/aromatic N) is 3. The number of aryl methyl sites for hydroxylation is 3. The van der Waals surface area contributed by atoms with Crippen LogP contribution in [-0.4, -0.2) is 42.1 Å². The molecule has 0 bridgehead atoms. The SMILES string of the molecule is Cc1nc(NCCCN(C)C)cc(Nc2ccc(C)c(C)c2)n1. The molecular weight excluding hydrogens is 286 g/mol. The van der Waals surface area contributed by atoms with Crippen molar-refractivity contribution < 1.29 is 0 Å². The number of rotatable bonds is 7. The third-order valence-corrected chi connectivity index (χ3v) is 3.71. The fourth-order valence-corrected chi connectivity index (χ4v) is 2.30. The van der Waals surface area contributed by atoms with E-state index in [2.05, 4.69) is 71.6 Å². The highest BCUT2D eigenvalue weighted by Gasteiger charge is 2.03. The molecule has 5 heteroatoms. The molecular formula is C18H27N5. The Kier molecular flexibility index (Phi) is 5.93.